The maximum Gasteiger partial charge on any atom is 0.242 e. The van der Waals surface area contributed by atoms with Gasteiger partial charge in [-0.05, 0) is 18.4 Å². The summed E-state index contributed by atoms with van der Waals surface area (Å²) in [5.41, 5.74) is 0.499. The fraction of sp³-hybridized carbons (Fsp3) is 0.556. The lowest BCUT2D eigenvalue weighted by atomic mass is 10.5. The molecule has 1 fully saturated rings. The molecule has 0 aromatic carbocycles. The van der Waals surface area contributed by atoms with Crippen molar-refractivity contribution in [2.24, 2.45) is 5.92 Å². The quantitative estimate of drug-likeness (QED) is 0.690. The van der Waals surface area contributed by atoms with Crippen LogP contribution in [0.15, 0.2) is 17.2 Å². The van der Waals surface area contributed by atoms with Crippen LogP contribution in [0.3, 0.4) is 0 Å². The monoisotopic (exact) mass is 230 g/mol. The summed E-state index contributed by atoms with van der Waals surface area (Å²) in [4.78, 5) is 2.88. The zero-order valence-electron chi connectivity index (χ0n) is 8.40. The Hall–Kier alpha value is -0.850. The molecule has 0 aliphatic heterocycles. The molecule has 1 aromatic rings. The predicted octanol–water partition coefficient (Wildman–Crippen LogP) is 0.194. The first kappa shape index (κ1) is 10.7. The topological polar surface area (TPSA) is 82.2 Å². The van der Waals surface area contributed by atoms with Crippen molar-refractivity contribution >= 4 is 10.0 Å². The van der Waals surface area contributed by atoms with Crippen molar-refractivity contribution in [3.8, 4) is 0 Å². The largest absolute Gasteiger partial charge is 0.390 e. The molecule has 15 heavy (non-hydrogen) atoms. The molecule has 0 amide bonds. The zero-order chi connectivity index (χ0) is 11.1. The summed E-state index contributed by atoms with van der Waals surface area (Å²) in [6, 6.07) is 1.51. The van der Waals surface area contributed by atoms with Gasteiger partial charge >= 0.3 is 0 Å². The molecule has 3 N–H and O–H groups in total. The third kappa shape index (κ3) is 2.22. The van der Waals surface area contributed by atoms with E-state index in [1.807, 2.05) is 6.92 Å². The summed E-state index contributed by atoms with van der Waals surface area (Å²) in [7, 11) is -3.41. The molecule has 6 heteroatoms. The molecule has 2 atom stereocenters. The lowest BCUT2D eigenvalue weighted by molar-refractivity contribution is 0.277. The van der Waals surface area contributed by atoms with Gasteiger partial charge in [0.1, 0.15) is 0 Å². The molecular weight excluding hydrogens is 216 g/mol. The smallest absolute Gasteiger partial charge is 0.242 e. The molecule has 84 valence electrons. The molecule has 1 heterocycles. The lowest BCUT2D eigenvalue weighted by Crippen LogP contribution is -2.26. The van der Waals surface area contributed by atoms with Crippen molar-refractivity contribution in [2.45, 2.75) is 30.9 Å². The molecule has 0 bridgehead atoms. The average molecular weight is 230 g/mol. The van der Waals surface area contributed by atoms with Crippen molar-refractivity contribution in [3.05, 3.63) is 18.0 Å². The Morgan fingerprint density at radius 1 is 1.67 bits per heavy atom. The Kier molecular flexibility index (Phi) is 2.57. The zero-order valence-corrected chi connectivity index (χ0v) is 9.21. The van der Waals surface area contributed by atoms with E-state index in [1.165, 1.54) is 12.3 Å². The summed E-state index contributed by atoms with van der Waals surface area (Å²) in [5, 5.41) is 8.81. The van der Waals surface area contributed by atoms with Crippen molar-refractivity contribution in [1.82, 2.24) is 9.71 Å². The highest BCUT2D eigenvalue weighted by atomic mass is 32.2. The van der Waals surface area contributed by atoms with E-state index in [0.717, 1.165) is 6.42 Å². The van der Waals surface area contributed by atoms with Gasteiger partial charge < -0.3 is 10.1 Å². The van der Waals surface area contributed by atoms with E-state index < -0.39 is 10.0 Å². The Morgan fingerprint density at radius 3 is 2.80 bits per heavy atom. The molecule has 5 nitrogen and oxygen atoms in total. The second kappa shape index (κ2) is 3.62. The highest BCUT2D eigenvalue weighted by molar-refractivity contribution is 7.89. The minimum Gasteiger partial charge on any atom is -0.390 e. The first-order valence-corrected chi connectivity index (χ1v) is 6.32. The van der Waals surface area contributed by atoms with E-state index >= 15 is 0 Å². The van der Waals surface area contributed by atoms with Crippen molar-refractivity contribution in [3.63, 3.8) is 0 Å². The summed E-state index contributed by atoms with van der Waals surface area (Å²) in [5.74, 6) is 0.427. The van der Waals surface area contributed by atoms with Crippen LogP contribution in [0.25, 0.3) is 0 Å². The number of nitrogens with one attached hydrogen (secondary N) is 2. The first-order chi connectivity index (χ1) is 7.03. The van der Waals surface area contributed by atoms with Gasteiger partial charge in [0, 0.05) is 17.9 Å². The van der Waals surface area contributed by atoms with Crippen LogP contribution in [-0.4, -0.2) is 24.6 Å². The average Bonchev–Trinajstić information content (AvgIpc) is 2.72. The highest BCUT2D eigenvalue weighted by Crippen LogP contribution is 2.30. The number of aliphatic hydroxyl groups is 1. The molecule has 1 saturated carbocycles. The maximum absolute atomic E-state index is 11.7. The van der Waals surface area contributed by atoms with Crippen LogP contribution in [0.1, 0.15) is 19.0 Å². The normalized spacial score (nSPS) is 25.5. The van der Waals surface area contributed by atoms with Gasteiger partial charge in [-0.1, -0.05) is 6.92 Å². The van der Waals surface area contributed by atoms with Gasteiger partial charge in [-0.15, -0.1) is 0 Å². The van der Waals surface area contributed by atoms with Crippen LogP contribution in [-0.2, 0) is 16.6 Å². The van der Waals surface area contributed by atoms with Crippen molar-refractivity contribution < 1.29 is 13.5 Å². The Balaban J connectivity index is 2.14. The minimum atomic E-state index is -3.41. The van der Waals surface area contributed by atoms with E-state index in [1.54, 1.807) is 0 Å². The molecule has 2 unspecified atom stereocenters. The molecule has 1 aromatic heterocycles. The fourth-order valence-electron chi connectivity index (χ4n) is 1.42. The van der Waals surface area contributed by atoms with Crippen LogP contribution in [0, 0.1) is 5.92 Å². The van der Waals surface area contributed by atoms with Gasteiger partial charge in [-0.2, -0.15) is 0 Å². The van der Waals surface area contributed by atoms with Crippen LogP contribution in [0.5, 0.6) is 0 Å². The number of hydrogen-bond donors (Lipinski definition) is 3. The van der Waals surface area contributed by atoms with Crippen LogP contribution >= 0.6 is 0 Å². The third-order valence-corrected chi connectivity index (χ3v) is 4.08. The second-order valence-corrected chi connectivity index (χ2v) is 5.67. The molecule has 2 rings (SSSR count). The Labute approximate surface area is 88.6 Å². The van der Waals surface area contributed by atoms with Gasteiger partial charge in [0.05, 0.1) is 11.5 Å². The first-order valence-electron chi connectivity index (χ1n) is 4.83. The number of sulfonamides is 1. The van der Waals surface area contributed by atoms with E-state index in [9.17, 15) is 8.42 Å². The number of rotatable bonds is 4. The molecular formula is C9H14N2O3S. The van der Waals surface area contributed by atoms with Gasteiger partial charge in [0.15, 0.2) is 0 Å². The molecule has 1 aliphatic carbocycles. The van der Waals surface area contributed by atoms with Crippen LogP contribution in [0.2, 0.25) is 0 Å². The molecule has 0 radical (unpaired) electrons. The number of hydrogen-bond acceptors (Lipinski definition) is 3. The number of aromatic nitrogens is 1. The maximum atomic E-state index is 11.7. The standard InChI is InChI=1S/C9H14N2O3S/c1-6-2-9(6)11-15(13,14)8-3-7(5-12)10-4-8/h3-4,6,9-12H,2,5H2,1H3. The van der Waals surface area contributed by atoms with E-state index in [4.69, 9.17) is 5.11 Å². The molecule has 0 spiro atoms. The molecule has 0 saturated heterocycles. The number of aromatic amines is 1. The minimum absolute atomic E-state index is 0.0717. The van der Waals surface area contributed by atoms with E-state index in [2.05, 4.69) is 9.71 Å². The fourth-order valence-corrected chi connectivity index (χ4v) is 2.79. The van der Waals surface area contributed by atoms with Gasteiger partial charge in [-0.3, -0.25) is 0 Å². The van der Waals surface area contributed by atoms with Crippen molar-refractivity contribution in [1.29, 1.82) is 0 Å². The predicted molar refractivity (Wildman–Crippen MR) is 54.6 cm³/mol. The van der Waals surface area contributed by atoms with E-state index in [-0.39, 0.29) is 17.5 Å². The SMILES string of the molecule is CC1CC1NS(=O)(=O)c1c[nH]c(CO)c1. The van der Waals surface area contributed by atoms with Crippen LogP contribution in [0.4, 0.5) is 0 Å². The Morgan fingerprint density at radius 2 is 2.33 bits per heavy atom. The molecule has 1 aliphatic rings. The Bertz CT molecular complexity index is 452. The third-order valence-electron chi connectivity index (χ3n) is 2.61. The summed E-state index contributed by atoms with van der Waals surface area (Å²) >= 11 is 0. The number of H-pyrrole nitrogens is 1. The van der Waals surface area contributed by atoms with Gasteiger partial charge in [0.25, 0.3) is 0 Å². The number of aliphatic hydroxyl groups excluding tert-OH is 1. The van der Waals surface area contributed by atoms with E-state index in [0.29, 0.717) is 11.6 Å². The highest BCUT2D eigenvalue weighted by Gasteiger charge is 2.36. The summed E-state index contributed by atoms with van der Waals surface area (Å²) in [6.45, 7) is 1.82. The summed E-state index contributed by atoms with van der Waals surface area (Å²) < 4.78 is 26.1. The lowest BCUT2D eigenvalue weighted by Gasteiger charge is -2.02. The summed E-state index contributed by atoms with van der Waals surface area (Å²) in [6.07, 6.45) is 2.29. The van der Waals surface area contributed by atoms with Gasteiger partial charge in [-0.25, -0.2) is 13.1 Å². The van der Waals surface area contributed by atoms with Crippen molar-refractivity contribution in [2.75, 3.05) is 0 Å². The van der Waals surface area contributed by atoms with Crippen LogP contribution < -0.4 is 4.72 Å². The van der Waals surface area contributed by atoms with Gasteiger partial charge in [0.2, 0.25) is 10.0 Å². The second-order valence-electron chi connectivity index (χ2n) is 3.96.